The lowest BCUT2D eigenvalue weighted by molar-refractivity contribution is -0.0180. The molecular weight excluding hydrogens is 496 g/mol. The van der Waals surface area contributed by atoms with Crippen LogP contribution in [0.2, 0.25) is 0 Å². The van der Waals surface area contributed by atoms with Crippen LogP contribution in [0.4, 0.5) is 0 Å². The molecule has 0 N–H and O–H groups in total. The second-order valence-corrected chi connectivity index (χ2v) is 15.9. The maximum atomic E-state index is 7.06. The highest BCUT2D eigenvalue weighted by atomic mass is 16.6. The molecule has 12 rings (SSSR count). The quantitative estimate of drug-likeness (QED) is 0.329. The summed E-state index contributed by atoms with van der Waals surface area (Å²) >= 11 is 0. The summed E-state index contributed by atoms with van der Waals surface area (Å²) in [5.74, 6) is 7.56. The van der Waals surface area contributed by atoms with Gasteiger partial charge in [-0.2, -0.15) is 0 Å². The van der Waals surface area contributed by atoms with Crippen molar-refractivity contribution in [2.75, 3.05) is 26.4 Å². The molecule has 212 valence electrons. The Kier molecular flexibility index (Phi) is 4.99. The SMILES string of the molecule is c1ccc2c(C34CC5CC(CC(C5)C3)C4)c(C34CC5CC(CC(C5)C3)C4)c(OCC3CO3)c(OCC3CO3)c2c1. The van der Waals surface area contributed by atoms with Gasteiger partial charge in [0.2, 0.25) is 0 Å². The first kappa shape index (κ1) is 23.7. The van der Waals surface area contributed by atoms with Gasteiger partial charge in [-0.25, -0.2) is 0 Å². The molecule has 8 bridgehead atoms. The Morgan fingerprint density at radius 1 is 0.550 bits per heavy atom. The van der Waals surface area contributed by atoms with Gasteiger partial charge in [-0.1, -0.05) is 24.3 Å². The van der Waals surface area contributed by atoms with E-state index in [1.165, 1.54) is 87.8 Å². The van der Waals surface area contributed by atoms with Gasteiger partial charge in [-0.05, 0) is 129 Å². The van der Waals surface area contributed by atoms with Crippen LogP contribution in [0.1, 0.15) is 88.2 Å². The van der Waals surface area contributed by atoms with E-state index in [1.54, 1.807) is 11.1 Å². The molecule has 2 aliphatic heterocycles. The Bertz CT molecular complexity index is 1280. The summed E-state index contributed by atoms with van der Waals surface area (Å²) in [5.41, 5.74) is 3.90. The van der Waals surface area contributed by atoms with Crippen molar-refractivity contribution >= 4 is 10.8 Å². The molecule has 0 spiro atoms. The van der Waals surface area contributed by atoms with Gasteiger partial charge in [0.15, 0.2) is 11.5 Å². The van der Waals surface area contributed by atoms with Gasteiger partial charge in [-0.15, -0.1) is 0 Å². The summed E-state index contributed by atoms with van der Waals surface area (Å²) in [4.78, 5) is 0. The maximum absolute atomic E-state index is 7.06. The van der Waals surface area contributed by atoms with Crippen molar-refractivity contribution in [3.63, 3.8) is 0 Å². The van der Waals surface area contributed by atoms with E-state index in [2.05, 4.69) is 24.3 Å². The largest absolute Gasteiger partial charge is 0.487 e. The normalized spacial score (nSPS) is 45.3. The van der Waals surface area contributed by atoms with Gasteiger partial charge in [0.1, 0.15) is 25.4 Å². The minimum atomic E-state index is 0.226. The lowest BCUT2D eigenvalue weighted by Crippen LogP contribution is -2.52. The minimum absolute atomic E-state index is 0.226. The third-order valence-corrected chi connectivity index (χ3v) is 12.9. The monoisotopic (exact) mass is 540 g/mol. The zero-order valence-electron chi connectivity index (χ0n) is 23.9. The van der Waals surface area contributed by atoms with Gasteiger partial charge in [0, 0.05) is 16.4 Å². The lowest BCUT2D eigenvalue weighted by atomic mass is 9.43. The average Bonchev–Trinajstić information content (AvgIpc) is 3.84. The molecule has 8 aliphatic carbocycles. The van der Waals surface area contributed by atoms with Crippen LogP contribution in [-0.2, 0) is 20.3 Å². The summed E-state index contributed by atoms with van der Waals surface area (Å²) in [6.45, 7) is 2.91. The van der Waals surface area contributed by atoms with Crippen LogP contribution in [0, 0.1) is 35.5 Å². The molecule has 2 atom stereocenters. The number of benzene rings is 2. The Morgan fingerprint density at radius 3 is 1.40 bits per heavy atom. The summed E-state index contributed by atoms with van der Waals surface area (Å²) in [5, 5.41) is 2.76. The van der Waals surface area contributed by atoms with Crippen molar-refractivity contribution in [3.05, 3.63) is 35.4 Å². The minimum Gasteiger partial charge on any atom is -0.487 e. The molecule has 2 heterocycles. The molecule has 10 fully saturated rings. The van der Waals surface area contributed by atoms with Crippen LogP contribution in [-0.4, -0.2) is 38.6 Å². The van der Waals surface area contributed by atoms with E-state index in [4.69, 9.17) is 18.9 Å². The van der Waals surface area contributed by atoms with Crippen LogP contribution in [0.15, 0.2) is 24.3 Å². The number of epoxide rings is 2. The van der Waals surface area contributed by atoms with Gasteiger partial charge in [0.05, 0.1) is 13.2 Å². The molecule has 10 aliphatic rings. The molecule has 2 aromatic rings. The van der Waals surface area contributed by atoms with Gasteiger partial charge < -0.3 is 18.9 Å². The maximum Gasteiger partial charge on any atom is 0.169 e. The molecule has 40 heavy (non-hydrogen) atoms. The van der Waals surface area contributed by atoms with Crippen LogP contribution in [0.5, 0.6) is 11.5 Å². The van der Waals surface area contributed by atoms with Gasteiger partial charge in [0.25, 0.3) is 0 Å². The molecule has 4 heteroatoms. The molecule has 8 saturated carbocycles. The van der Waals surface area contributed by atoms with E-state index in [0.29, 0.717) is 18.6 Å². The van der Waals surface area contributed by atoms with Crippen molar-refractivity contribution < 1.29 is 18.9 Å². The molecule has 2 saturated heterocycles. The average molecular weight is 541 g/mol. The zero-order chi connectivity index (χ0) is 26.1. The first-order chi connectivity index (χ1) is 19.6. The topological polar surface area (TPSA) is 43.5 Å². The molecule has 2 aromatic carbocycles. The number of hydrogen-bond donors (Lipinski definition) is 0. The van der Waals surface area contributed by atoms with Crippen molar-refractivity contribution in [2.24, 2.45) is 35.5 Å². The Balaban J connectivity index is 1.25. The van der Waals surface area contributed by atoms with Gasteiger partial charge >= 0.3 is 0 Å². The third-order valence-electron chi connectivity index (χ3n) is 12.9. The fourth-order valence-electron chi connectivity index (χ4n) is 12.2. The molecular formula is C36H44O4. The number of ether oxygens (including phenoxy) is 4. The van der Waals surface area contributed by atoms with Crippen LogP contribution < -0.4 is 9.47 Å². The summed E-state index contributed by atoms with van der Waals surface area (Å²) in [6.07, 6.45) is 17.6. The third kappa shape index (κ3) is 3.63. The highest BCUT2D eigenvalue weighted by Crippen LogP contribution is 2.68. The van der Waals surface area contributed by atoms with Crippen molar-refractivity contribution in [1.29, 1.82) is 0 Å². The zero-order valence-corrected chi connectivity index (χ0v) is 23.9. The van der Waals surface area contributed by atoms with Crippen LogP contribution in [0.25, 0.3) is 10.8 Å². The van der Waals surface area contributed by atoms with Crippen molar-refractivity contribution in [3.8, 4) is 11.5 Å². The first-order valence-corrected chi connectivity index (χ1v) is 16.7. The Labute approximate surface area is 238 Å². The van der Waals surface area contributed by atoms with E-state index in [-0.39, 0.29) is 17.6 Å². The summed E-state index contributed by atoms with van der Waals surface area (Å²) < 4.78 is 25.2. The van der Waals surface area contributed by atoms with Crippen LogP contribution >= 0.6 is 0 Å². The second-order valence-electron chi connectivity index (χ2n) is 15.9. The summed E-state index contributed by atoms with van der Waals surface area (Å²) in [6, 6.07) is 9.29. The predicted molar refractivity (Wildman–Crippen MR) is 154 cm³/mol. The Hall–Kier alpha value is -1.78. The fourth-order valence-corrected chi connectivity index (χ4v) is 12.2. The van der Waals surface area contributed by atoms with Crippen molar-refractivity contribution in [1.82, 2.24) is 0 Å². The Morgan fingerprint density at radius 2 is 0.950 bits per heavy atom. The number of rotatable bonds is 8. The fraction of sp³-hybridized carbons (Fsp3) is 0.722. The second kappa shape index (κ2) is 8.40. The van der Waals surface area contributed by atoms with Crippen LogP contribution in [0.3, 0.4) is 0 Å². The molecule has 0 aromatic heterocycles. The van der Waals surface area contributed by atoms with Gasteiger partial charge in [-0.3, -0.25) is 0 Å². The number of fused-ring (bicyclic) bond motifs is 1. The van der Waals surface area contributed by atoms with Crippen molar-refractivity contribution in [2.45, 2.75) is 100 Å². The molecule has 4 nitrogen and oxygen atoms in total. The predicted octanol–water partition coefficient (Wildman–Crippen LogP) is 7.33. The lowest BCUT2D eigenvalue weighted by Gasteiger charge is -2.61. The molecule has 0 amide bonds. The van der Waals surface area contributed by atoms with E-state index in [0.717, 1.165) is 60.2 Å². The van der Waals surface area contributed by atoms with E-state index < -0.39 is 0 Å². The highest BCUT2D eigenvalue weighted by molar-refractivity contribution is 5.96. The van der Waals surface area contributed by atoms with E-state index >= 15 is 0 Å². The van der Waals surface area contributed by atoms with E-state index in [1.807, 2.05) is 0 Å². The molecule has 2 unspecified atom stereocenters. The first-order valence-electron chi connectivity index (χ1n) is 16.7. The standard InChI is InChI=1S/C36H44O4/c1-2-4-30-29(3-1)31(35-11-21-5-22(12-35)7-23(6-21)13-35)32(36-14-24-8-25(15-36)10-26(9-24)16-36)34(40-20-28-18-38-28)33(30)39-19-27-17-37-27/h1-4,21-28H,5-20H2. The molecule has 0 radical (unpaired) electrons. The summed E-state index contributed by atoms with van der Waals surface area (Å²) in [7, 11) is 0. The van der Waals surface area contributed by atoms with E-state index in [9.17, 15) is 0 Å². The smallest absolute Gasteiger partial charge is 0.169 e. The highest BCUT2D eigenvalue weighted by Gasteiger charge is 2.58. The number of hydrogen-bond acceptors (Lipinski definition) is 4.